The molecular formula is C14H18N4O2. The summed E-state index contributed by atoms with van der Waals surface area (Å²) < 4.78 is 1.91. The highest BCUT2D eigenvalue weighted by Crippen LogP contribution is 2.14. The van der Waals surface area contributed by atoms with Gasteiger partial charge < -0.3 is 10.3 Å². The Morgan fingerprint density at radius 1 is 1.50 bits per heavy atom. The van der Waals surface area contributed by atoms with E-state index < -0.39 is 0 Å². The molecule has 1 heterocycles. The van der Waals surface area contributed by atoms with Crippen molar-refractivity contribution in [3.05, 3.63) is 58.2 Å². The van der Waals surface area contributed by atoms with Gasteiger partial charge in [0.15, 0.2) is 0 Å². The summed E-state index contributed by atoms with van der Waals surface area (Å²) >= 11 is 0. The molecular weight excluding hydrogens is 256 g/mol. The monoisotopic (exact) mass is 274 g/mol. The first kappa shape index (κ1) is 14.2. The summed E-state index contributed by atoms with van der Waals surface area (Å²) in [5.41, 5.74) is 7.83. The van der Waals surface area contributed by atoms with E-state index in [4.69, 9.17) is 5.73 Å². The van der Waals surface area contributed by atoms with Crippen molar-refractivity contribution in [1.82, 2.24) is 9.55 Å². The van der Waals surface area contributed by atoms with Gasteiger partial charge in [-0.3, -0.25) is 10.1 Å². The third-order valence-corrected chi connectivity index (χ3v) is 3.17. The van der Waals surface area contributed by atoms with Gasteiger partial charge in [-0.15, -0.1) is 0 Å². The number of non-ortho nitro benzene ring substituents is 1. The van der Waals surface area contributed by atoms with Crippen LogP contribution in [0.3, 0.4) is 0 Å². The molecule has 1 atom stereocenters. The van der Waals surface area contributed by atoms with Gasteiger partial charge in [0.2, 0.25) is 0 Å². The SMILES string of the molecule is CCC(N)Cc1cn(Cc2cccc([N+](=O)[O-])c2)cn1. The summed E-state index contributed by atoms with van der Waals surface area (Å²) in [5, 5.41) is 10.7. The van der Waals surface area contributed by atoms with Crippen molar-refractivity contribution in [1.29, 1.82) is 0 Å². The average molecular weight is 274 g/mol. The minimum atomic E-state index is -0.386. The highest BCUT2D eigenvalue weighted by atomic mass is 16.6. The third-order valence-electron chi connectivity index (χ3n) is 3.17. The summed E-state index contributed by atoms with van der Waals surface area (Å²) in [7, 11) is 0. The zero-order valence-electron chi connectivity index (χ0n) is 11.4. The smallest absolute Gasteiger partial charge is 0.269 e. The molecule has 1 aromatic carbocycles. The number of nitro benzene ring substituents is 1. The molecule has 0 bridgehead atoms. The molecule has 106 valence electrons. The van der Waals surface area contributed by atoms with Crippen LogP contribution in [0.2, 0.25) is 0 Å². The van der Waals surface area contributed by atoms with Crippen molar-refractivity contribution in [2.45, 2.75) is 32.4 Å². The summed E-state index contributed by atoms with van der Waals surface area (Å²) in [6.07, 6.45) is 5.33. The van der Waals surface area contributed by atoms with Gasteiger partial charge in [0.1, 0.15) is 0 Å². The van der Waals surface area contributed by atoms with Crippen LogP contribution < -0.4 is 5.73 Å². The van der Waals surface area contributed by atoms with E-state index in [1.165, 1.54) is 6.07 Å². The highest BCUT2D eigenvalue weighted by Gasteiger charge is 2.08. The summed E-state index contributed by atoms with van der Waals surface area (Å²) in [6, 6.07) is 6.75. The van der Waals surface area contributed by atoms with Crippen LogP contribution in [0.4, 0.5) is 5.69 Å². The number of nitrogens with zero attached hydrogens (tertiary/aromatic N) is 3. The van der Waals surface area contributed by atoms with Gasteiger partial charge in [0.25, 0.3) is 5.69 Å². The molecule has 0 aliphatic rings. The van der Waals surface area contributed by atoms with Crippen molar-refractivity contribution < 1.29 is 4.92 Å². The van der Waals surface area contributed by atoms with Crippen LogP contribution in [0, 0.1) is 10.1 Å². The standard InChI is InChI=1S/C14H18N4O2/c1-2-12(15)7-13-9-17(10-16-13)8-11-4-3-5-14(6-11)18(19)20/h3-6,9-10,12H,2,7-8,15H2,1H3. The van der Waals surface area contributed by atoms with E-state index in [0.717, 1.165) is 24.1 Å². The largest absolute Gasteiger partial charge is 0.333 e. The van der Waals surface area contributed by atoms with Gasteiger partial charge in [-0.25, -0.2) is 4.98 Å². The predicted octanol–water partition coefficient (Wildman–Crippen LogP) is 2.12. The van der Waals surface area contributed by atoms with Crippen LogP contribution in [0.15, 0.2) is 36.8 Å². The number of imidazole rings is 1. The normalized spacial score (nSPS) is 12.3. The lowest BCUT2D eigenvalue weighted by atomic mass is 10.1. The summed E-state index contributed by atoms with van der Waals surface area (Å²) in [4.78, 5) is 14.7. The van der Waals surface area contributed by atoms with E-state index in [0.29, 0.717) is 6.54 Å². The van der Waals surface area contributed by atoms with Crippen LogP contribution in [-0.4, -0.2) is 20.5 Å². The first-order valence-corrected chi connectivity index (χ1v) is 6.58. The number of nitro groups is 1. The molecule has 2 N–H and O–H groups in total. The lowest BCUT2D eigenvalue weighted by Gasteiger charge is -2.05. The number of hydrogen-bond acceptors (Lipinski definition) is 4. The first-order valence-electron chi connectivity index (χ1n) is 6.58. The molecule has 0 saturated heterocycles. The van der Waals surface area contributed by atoms with Crippen LogP contribution >= 0.6 is 0 Å². The fraction of sp³-hybridized carbons (Fsp3) is 0.357. The Bertz CT molecular complexity index is 594. The maximum Gasteiger partial charge on any atom is 0.269 e. The van der Waals surface area contributed by atoms with E-state index in [9.17, 15) is 10.1 Å². The molecule has 1 aromatic heterocycles. The van der Waals surface area contributed by atoms with Gasteiger partial charge in [-0.05, 0) is 12.0 Å². The topological polar surface area (TPSA) is 87.0 Å². The van der Waals surface area contributed by atoms with Crippen molar-refractivity contribution in [3.8, 4) is 0 Å². The average Bonchev–Trinajstić information content (AvgIpc) is 2.86. The Morgan fingerprint density at radius 3 is 3.00 bits per heavy atom. The van der Waals surface area contributed by atoms with Crippen LogP contribution in [0.1, 0.15) is 24.6 Å². The fourth-order valence-electron chi connectivity index (χ4n) is 1.99. The van der Waals surface area contributed by atoms with Gasteiger partial charge in [0.05, 0.1) is 16.9 Å². The number of benzene rings is 1. The number of hydrogen-bond donors (Lipinski definition) is 1. The molecule has 0 aliphatic heterocycles. The van der Waals surface area contributed by atoms with Gasteiger partial charge in [-0.1, -0.05) is 19.1 Å². The van der Waals surface area contributed by atoms with Crippen LogP contribution in [-0.2, 0) is 13.0 Å². The first-order chi connectivity index (χ1) is 9.58. The second-order valence-electron chi connectivity index (χ2n) is 4.84. The second kappa shape index (κ2) is 6.29. The molecule has 0 spiro atoms. The maximum absolute atomic E-state index is 10.7. The van der Waals surface area contributed by atoms with Crippen molar-refractivity contribution in [2.75, 3.05) is 0 Å². The predicted molar refractivity (Wildman–Crippen MR) is 76.4 cm³/mol. The summed E-state index contributed by atoms with van der Waals surface area (Å²) in [5.74, 6) is 0. The van der Waals surface area contributed by atoms with Gasteiger partial charge in [-0.2, -0.15) is 0 Å². The number of aromatic nitrogens is 2. The Morgan fingerprint density at radius 2 is 2.30 bits per heavy atom. The number of rotatable bonds is 6. The van der Waals surface area contributed by atoms with Crippen molar-refractivity contribution in [2.24, 2.45) is 5.73 Å². The van der Waals surface area contributed by atoms with E-state index >= 15 is 0 Å². The molecule has 6 nitrogen and oxygen atoms in total. The Balaban J connectivity index is 2.06. The molecule has 0 amide bonds. The van der Waals surface area contributed by atoms with E-state index in [1.54, 1.807) is 18.5 Å². The Labute approximate surface area is 117 Å². The second-order valence-corrected chi connectivity index (χ2v) is 4.84. The molecule has 0 aliphatic carbocycles. The molecule has 2 aromatic rings. The van der Waals surface area contributed by atoms with Crippen LogP contribution in [0.25, 0.3) is 0 Å². The number of nitrogens with two attached hydrogens (primary N) is 1. The Kier molecular flexibility index (Phi) is 4.47. The molecule has 20 heavy (non-hydrogen) atoms. The quantitative estimate of drug-likeness (QED) is 0.645. The molecule has 0 saturated carbocycles. The van der Waals surface area contributed by atoms with Gasteiger partial charge in [0, 0.05) is 37.3 Å². The molecule has 2 rings (SSSR count). The zero-order chi connectivity index (χ0) is 14.5. The van der Waals surface area contributed by atoms with E-state index in [-0.39, 0.29) is 16.7 Å². The zero-order valence-corrected chi connectivity index (χ0v) is 11.4. The molecule has 1 unspecified atom stereocenters. The minimum Gasteiger partial charge on any atom is -0.333 e. The van der Waals surface area contributed by atoms with E-state index in [2.05, 4.69) is 4.98 Å². The van der Waals surface area contributed by atoms with Crippen molar-refractivity contribution >= 4 is 5.69 Å². The van der Waals surface area contributed by atoms with Crippen molar-refractivity contribution in [3.63, 3.8) is 0 Å². The lowest BCUT2D eigenvalue weighted by molar-refractivity contribution is -0.384. The van der Waals surface area contributed by atoms with Crippen LogP contribution in [0.5, 0.6) is 0 Å². The lowest BCUT2D eigenvalue weighted by Crippen LogP contribution is -2.21. The molecule has 6 heteroatoms. The molecule has 0 fully saturated rings. The fourth-order valence-corrected chi connectivity index (χ4v) is 1.99. The van der Waals surface area contributed by atoms with E-state index in [1.807, 2.05) is 23.8 Å². The molecule has 0 radical (unpaired) electrons. The Hall–Kier alpha value is -2.21. The maximum atomic E-state index is 10.7. The minimum absolute atomic E-state index is 0.107. The van der Waals surface area contributed by atoms with Gasteiger partial charge >= 0.3 is 0 Å². The third kappa shape index (κ3) is 3.64. The summed E-state index contributed by atoms with van der Waals surface area (Å²) in [6.45, 7) is 2.61. The highest BCUT2D eigenvalue weighted by molar-refractivity contribution is 5.34.